The van der Waals surface area contributed by atoms with Gasteiger partial charge in [-0.15, -0.1) is 0 Å². The maximum atomic E-state index is 11.8. The predicted octanol–water partition coefficient (Wildman–Crippen LogP) is 0.765. The third-order valence-electron chi connectivity index (χ3n) is 3.74. The monoisotopic (exact) mass is 272 g/mol. The maximum Gasteiger partial charge on any atom is 0.248 e. The molecule has 1 atom stereocenters. The van der Waals surface area contributed by atoms with Crippen molar-refractivity contribution in [3.63, 3.8) is 0 Å². The number of aliphatic hydroxyl groups is 1. The van der Waals surface area contributed by atoms with Crippen LogP contribution in [0.1, 0.15) is 39.5 Å². The molecule has 1 aliphatic rings. The van der Waals surface area contributed by atoms with Gasteiger partial charge in [-0.05, 0) is 33.2 Å². The van der Waals surface area contributed by atoms with Gasteiger partial charge in [-0.1, -0.05) is 13.3 Å². The Morgan fingerprint density at radius 3 is 2.68 bits per heavy atom. The number of unbranched alkanes of at least 4 members (excludes halogenated alkanes) is 1. The van der Waals surface area contributed by atoms with Crippen molar-refractivity contribution in [2.45, 2.75) is 51.2 Å². The van der Waals surface area contributed by atoms with E-state index >= 15 is 0 Å². The fraction of sp³-hybridized carbons (Fsp3) is 0.929. The van der Waals surface area contributed by atoms with Crippen LogP contribution in [-0.4, -0.2) is 60.9 Å². The zero-order valence-corrected chi connectivity index (χ0v) is 12.4. The van der Waals surface area contributed by atoms with Crippen LogP contribution in [0.3, 0.4) is 0 Å². The summed E-state index contributed by atoms with van der Waals surface area (Å²) in [7, 11) is 2.04. The lowest BCUT2D eigenvalue weighted by Gasteiger charge is -2.36. The molecule has 112 valence electrons. The molecule has 1 fully saturated rings. The minimum atomic E-state index is -0.759. The van der Waals surface area contributed by atoms with Crippen LogP contribution in [0.2, 0.25) is 0 Å². The first kappa shape index (κ1) is 16.4. The first-order valence-electron chi connectivity index (χ1n) is 7.27. The van der Waals surface area contributed by atoms with Gasteiger partial charge >= 0.3 is 0 Å². The molecule has 2 N–H and O–H groups in total. The number of ether oxygens (including phenoxy) is 1. The fourth-order valence-corrected chi connectivity index (χ4v) is 2.09. The Morgan fingerprint density at radius 2 is 2.11 bits per heavy atom. The molecule has 19 heavy (non-hydrogen) atoms. The van der Waals surface area contributed by atoms with Crippen LogP contribution in [0.15, 0.2) is 0 Å². The van der Waals surface area contributed by atoms with Crippen LogP contribution in [0.4, 0.5) is 0 Å². The topological polar surface area (TPSA) is 61.8 Å². The standard InChI is InChI=1S/C14H28N2O3/c1-4-5-10-19-12(2)13(17)15-11-14(18)6-8-16(3)9-7-14/h12,18H,4-11H2,1-3H3,(H,15,17). The average molecular weight is 272 g/mol. The molecule has 0 aromatic carbocycles. The summed E-state index contributed by atoms with van der Waals surface area (Å²) in [6.07, 6.45) is 2.99. The normalized spacial score (nSPS) is 21.1. The summed E-state index contributed by atoms with van der Waals surface area (Å²) in [4.78, 5) is 14.0. The lowest BCUT2D eigenvalue weighted by Crippen LogP contribution is -2.51. The van der Waals surface area contributed by atoms with Gasteiger partial charge in [0, 0.05) is 26.2 Å². The lowest BCUT2D eigenvalue weighted by molar-refractivity contribution is -0.133. The van der Waals surface area contributed by atoms with E-state index in [4.69, 9.17) is 4.74 Å². The summed E-state index contributed by atoms with van der Waals surface area (Å²) in [6, 6.07) is 0. The first-order chi connectivity index (χ1) is 8.97. The fourth-order valence-electron chi connectivity index (χ4n) is 2.09. The van der Waals surface area contributed by atoms with Gasteiger partial charge in [-0.3, -0.25) is 4.79 Å². The number of nitrogens with one attached hydrogen (secondary N) is 1. The molecule has 0 bridgehead atoms. The van der Waals surface area contributed by atoms with E-state index in [1.165, 1.54) is 0 Å². The van der Waals surface area contributed by atoms with Gasteiger partial charge in [0.15, 0.2) is 0 Å². The second kappa shape index (κ2) is 7.82. The van der Waals surface area contributed by atoms with Gasteiger partial charge in [0.25, 0.3) is 0 Å². The summed E-state index contributed by atoms with van der Waals surface area (Å²) in [5.41, 5.74) is -0.759. The van der Waals surface area contributed by atoms with Crippen LogP contribution >= 0.6 is 0 Å². The molecule has 0 radical (unpaired) electrons. The van der Waals surface area contributed by atoms with Crippen molar-refractivity contribution in [3.05, 3.63) is 0 Å². The van der Waals surface area contributed by atoms with E-state index < -0.39 is 11.7 Å². The molecule has 1 heterocycles. The van der Waals surface area contributed by atoms with Gasteiger partial charge < -0.3 is 20.1 Å². The van der Waals surface area contributed by atoms with Crippen LogP contribution < -0.4 is 5.32 Å². The minimum Gasteiger partial charge on any atom is -0.388 e. The molecule has 1 unspecified atom stereocenters. The van der Waals surface area contributed by atoms with Gasteiger partial charge in [0.2, 0.25) is 5.91 Å². The van der Waals surface area contributed by atoms with Crippen molar-refractivity contribution in [2.24, 2.45) is 0 Å². The molecule has 0 saturated carbocycles. The largest absolute Gasteiger partial charge is 0.388 e. The molecule has 0 aromatic heterocycles. The Kier molecular flexibility index (Phi) is 6.75. The molecule has 1 aliphatic heterocycles. The number of amides is 1. The van der Waals surface area contributed by atoms with Gasteiger partial charge in [-0.2, -0.15) is 0 Å². The van der Waals surface area contributed by atoms with Gasteiger partial charge in [-0.25, -0.2) is 0 Å². The Morgan fingerprint density at radius 1 is 1.47 bits per heavy atom. The number of hydrogen-bond acceptors (Lipinski definition) is 4. The third kappa shape index (κ3) is 5.89. The number of piperidine rings is 1. The maximum absolute atomic E-state index is 11.8. The van der Waals surface area contributed by atoms with Crippen molar-refractivity contribution >= 4 is 5.91 Å². The van der Waals surface area contributed by atoms with E-state index in [1.54, 1.807) is 6.92 Å². The molecule has 1 rings (SSSR count). The van der Waals surface area contributed by atoms with Crippen molar-refractivity contribution in [1.29, 1.82) is 0 Å². The van der Waals surface area contributed by atoms with E-state index in [0.29, 0.717) is 26.0 Å². The molecular formula is C14H28N2O3. The highest BCUT2D eigenvalue weighted by Gasteiger charge is 2.31. The Balaban J connectivity index is 2.25. The van der Waals surface area contributed by atoms with Crippen molar-refractivity contribution in [3.8, 4) is 0 Å². The number of hydrogen-bond donors (Lipinski definition) is 2. The van der Waals surface area contributed by atoms with E-state index in [9.17, 15) is 9.90 Å². The summed E-state index contributed by atoms with van der Waals surface area (Å²) in [5.74, 6) is -0.136. The summed E-state index contributed by atoms with van der Waals surface area (Å²) in [5, 5.41) is 13.2. The van der Waals surface area contributed by atoms with Crippen LogP contribution in [0.5, 0.6) is 0 Å². The average Bonchev–Trinajstić information content (AvgIpc) is 2.40. The Bertz CT molecular complexity index is 276. The summed E-state index contributed by atoms with van der Waals surface area (Å²) in [6.45, 7) is 6.51. The molecule has 0 aromatic rings. The highest BCUT2D eigenvalue weighted by atomic mass is 16.5. The van der Waals surface area contributed by atoms with Crippen molar-refractivity contribution in [2.75, 3.05) is 33.3 Å². The third-order valence-corrected chi connectivity index (χ3v) is 3.74. The van der Waals surface area contributed by atoms with E-state index in [2.05, 4.69) is 17.1 Å². The number of carbonyl (C=O) groups excluding carboxylic acids is 1. The van der Waals surface area contributed by atoms with Crippen LogP contribution in [0.25, 0.3) is 0 Å². The molecule has 0 aliphatic carbocycles. The SMILES string of the molecule is CCCCOC(C)C(=O)NCC1(O)CCN(C)CC1. The van der Waals surface area contributed by atoms with Crippen molar-refractivity contribution in [1.82, 2.24) is 10.2 Å². The Labute approximate surface area is 116 Å². The zero-order chi connectivity index (χ0) is 14.3. The van der Waals surface area contributed by atoms with Crippen LogP contribution in [-0.2, 0) is 9.53 Å². The number of likely N-dealkylation sites (tertiary alicyclic amines) is 1. The molecule has 5 nitrogen and oxygen atoms in total. The summed E-state index contributed by atoms with van der Waals surface area (Å²) >= 11 is 0. The van der Waals surface area contributed by atoms with Gasteiger partial charge in [0.1, 0.15) is 6.10 Å². The van der Waals surface area contributed by atoms with E-state index in [-0.39, 0.29) is 5.91 Å². The highest BCUT2D eigenvalue weighted by Crippen LogP contribution is 2.20. The minimum absolute atomic E-state index is 0.136. The number of carbonyl (C=O) groups is 1. The second-order valence-corrected chi connectivity index (χ2v) is 5.61. The zero-order valence-electron chi connectivity index (χ0n) is 12.4. The molecule has 0 spiro atoms. The summed E-state index contributed by atoms with van der Waals surface area (Å²) < 4.78 is 5.43. The number of nitrogens with zero attached hydrogens (tertiary/aromatic N) is 1. The van der Waals surface area contributed by atoms with E-state index in [1.807, 2.05) is 7.05 Å². The van der Waals surface area contributed by atoms with Gasteiger partial charge in [0.05, 0.1) is 5.60 Å². The molecular weight excluding hydrogens is 244 g/mol. The number of rotatable bonds is 7. The smallest absolute Gasteiger partial charge is 0.248 e. The Hall–Kier alpha value is -0.650. The molecule has 5 heteroatoms. The van der Waals surface area contributed by atoms with E-state index in [0.717, 1.165) is 25.9 Å². The first-order valence-corrected chi connectivity index (χ1v) is 7.27. The quantitative estimate of drug-likeness (QED) is 0.672. The lowest BCUT2D eigenvalue weighted by atomic mass is 9.91. The molecule has 1 amide bonds. The predicted molar refractivity (Wildman–Crippen MR) is 75.0 cm³/mol. The highest BCUT2D eigenvalue weighted by molar-refractivity contribution is 5.80. The molecule has 1 saturated heterocycles. The second-order valence-electron chi connectivity index (χ2n) is 5.61. The van der Waals surface area contributed by atoms with Crippen LogP contribution in [0, 0.1) is 0 Å². The van der Waals surface area contributed by atoms with Crippen molar-refractivity contribution < 1.29 is 14.6 Å².